The molecule has 0 aliphatic carbocycles. The van der Waals surface area contributed by atoms with Crippen LogP contribution in [-0.4, -0.2) is 42.6 Å². The predicted molar refractivity (Wildman–Crippen MR) is 128 cm³/mol. The Morgan fingerprint density at radius 2 is 1.74 bits per heavy atom. The molecule has 3 N–H and O–H groups in total. The maximum atomic E-state index is 13.1. The molecule has 2 aromatic carbocycles. The van der Waals surface area contributed by atoms with E-state index in [0.29, 0.717) is 39.0 Å². The summed E-state index contributed by atoms with van der Waals surface area (Å²) in [4.78, 5) is 28.2. The van der Waals surface area contributed by atoms with E-state index >= 15 is 0 Å². The van der Waals surface area contributed by atoms with Gasteiger partial charge in [0, 0.05) is 38.3 Å². The number of rotatable bonds is 6. The third kappa shape index (κ3) is 6.07. The molecule has 2 heterocycles. The average Bonchev–Trinajstić information content (AvgIpc) is 2.85. The van der Waals surface area contributed by atoms with E-state index in [1.807, 2.05) is 53.4 Å². The molecule has 0 bridgehead atoms. The molecule has 1 saturated heterocycles. The molecule has 0 unspecified atom stereocenters. The van der Waals surface area contributed by atoms with E-state index in [0.717, 1.165) is 22.4 Å². The highest BCUT2D eigenvalue weighted by Gasteiger charge is 2.41. The maximum Gasteiger partial charge on any atom is 0.391 e. The zero-order chi connectivity index (χ0) is 25.0. The van der Waals surface area contributed by atoms with Crippen LogP contribution in [0.25, 0.3) is 0 Å². The molecule has 35 heavy (non-hydrogen) atoms. The molecule has 4 rings (SSSR count). The van der Waals surface area contributed by atoms with Crippen LogP contribution in [0, 0.1) is 5.92 Å². The lowest BCUT2D eigenvalue weighted by Gasteiger charge is -2.38. The summed E-state index contributed by atoms with van der Waals surface area (Å²) in [5.41, 5.74) is 9.33. The quantitative estimate of drug-likeness (QED) is 0.627. The first-order valence-corrected chi connectivity index (χ1v) is 12.0. The Labute approximate surface area is 203 Å². The van der Waals surface area contributed by atoms with Crippen LogP contribution in [0.5, 0.6) is 0 Å². The molecule has 0 aromatic heterocycles. The van der Waals surface area contributed by atoms with Crippen molar-refractivity contribution in [2.75, 3.05) is 24.5 Å². The van der Waals surface area contributed by atoms with E-state index in [1.165, 1.54) is 0 Å². The molecule has 9 heteroatoms. The Bertz CT molecular complexity index is 1040. The number of nitrogens with two attached hydrogens (primary N) is 1. The van der Waals surface area contributed by atoms with Crippen molar-refractivity contribution < 1.29 is 22.8 Å². The number of hydrogen-bond acceptors (Lipinski definition) is 3. The molecule has 0 saturated carbocycles. The number of primary amides is 1. The number of amides is 3. The highest BCUT2D eigenvalue weighted by Crippen LogP contribution is 2.37. The fourth-order valence-corrected chi connectivity index (χ4v) is 5.04. The van der Waals surface area contributed by atoms with Gasteiger partial charge in [-0.2, -0.15) is 13.2 Å². The predicted octanol–water partition coefficient (Wildman–Crippen LogP) is 4.54. The van der Waals surface area contributed by atoms with Gasteiger partial charge in [0.1, 0.15) is 0 Å². The van der Waals surface area contributed by atoms with Crippen molar-refractivity contribution in [3.63, 3.8) is 0 Å². The number of piperidine rings is 1. The molecule has 2 aliphatic rings. The molecule has 1 atom stereocenters. The number of nitrogens with one attached hydrogen (secondary N) is 1. The lowest BCUT2D eigenvalue weighted by Crippen LogP contribution is -2.45. The highest BCUT2D eigenvalue weighted by molar-refractivity contribution is 5.76. The lowest BCUT2D eigenvalue weighted by atomic mass is 9.93. The van der Waals surface area contributed by atoms with Crippen molar-refractivity contribution in [1.82, 2.24) is 10.2 Å². The van der Waals surface area contributed by atoms with Gasteiger partial charge in [-0.15, -0.1) is 0 Å². The van der Waals surface area contributed by atoms with Crippen LogP contribution in [0.4, 0.5) is 23.7 Å². The van der Waals surface area contributed by atoms with Crippen LogP contribution in [0.3, 0.4) is 0 Å². The molecular weight excluding hydrogens is 457 g/mol. The van der Waals surface area contributed by atoms with Crippen molar-refractivity contribution in [3.05, 3.63) is 65.2 Å². The molecule has 2 aliphatic heterocycles. The fourth-order valence-electron chi connectivity index (χ4n) is 5.04. The summed E-state index contributed by atoms with van der Waals surface area (Å²) < 4.78 is 39.2. The number of carbonyl (C=O) groups is 2. The second kappa shape index (κ2) is 10.6. The number of fused-ring (bicyclic) bond motifs is 1. The summed E-state index contributed by atoms with van der Waals surface area (Å²) in [7, 11) is 0. The van der Waals surface area contributed by atoms with Gasteiger partial charge in [0.05, 0.1) is 12.0 Å². The Balaban J connectivity index is 1.43. The van der Waals surface area contributed by atoms with Gasteiger partial charge in [-0.3, -0.25) is 4.79 Å². The molecule has 0 radical (unpaired) electrons. The monoisotopic (exact) mass is 488 g/mol. The summed E-state index contributed by atoms with van der Waals surface area (Å²) in [6.07, 6.45) is -2.72. The summed E-state index contributed by atoms with van der Waals surface area (Å²) in [5.74, 6) is -1.65. The van der Waals surface area contributed by atoms with Gasteiger partial charge in [-0.1, -0.05) is 42.5 Å². The van der Waals surface area contributed by atoms with E-state index in [1.54, 1.807) is 4.90 Å². The standard InChI is InChI=1S/C26H31F3N4O2/c27-26(28,29)20-11-14-32(15-12-20)23-8-4-7-19-17-33(16-13-21(19)23)25(35)31-22(9-10-24(30)34)18-5-2-1-3-6-18/h1-8,20,22H,9-17H2,(H2,30,34)(H,31,35)/t22-/m0/s1. The second-order valence-corrected chi connectivity index (χ2v) is 9.31. The lowest BCUT2D eigenvalue weighted by molar-refractivity contribution is -0.179. The van der Waals surface area contributed by atoms with Crippen LogP contribution in [-0.2, 0) is 17.8 Å². The third-order valence-corrected chi connectivity index (χ3v) is 7.01. The van der Waals surface area contributed by atoms with E-state index < -0.39 is 18.0 Å². The van der Waals surface area contributed by atoms with E-state index in [4.69, 9.17) is 5.73 Å². The number of nitrogens with zero attached hydrogens (tertiary/aromatic N) is 2. The summed E-state index contributed by atoms with van der Waals surface area (Å²) in [5, 5.41) is 3.05. The summed E-state index contributed by atoms with van der Waals surface area (Å²) >= 11 is 0. The minimum absolute atomic E-state index is 0.105. The fraction of sp³-hybridized carbons (Fsp3) is 0.462. The van der Waals surface area contributed by atoms with Crippen molar-refractivity contribution in [3.8, 4) is 0 Å². The van der Waals surface area contributed by atoms with Crippen LogP contribution >= 0.6 is 0 Å². The van der Waals surface area contributed by atoms with E-state index in [2.05, 4.69) is 5.32 Å². The SMILES string of the molecule is NC(=O)CC[C@H](NC(=O)N1CCc2c(cccc2N2CCC(C(F)(F)F)CC2)C1)c1ccccc1. The van der Waals surface area contributed by atoms with Crippen LogP contribution in [0.15, 0.2) is 48.5 Å². The number of benzene rings is 2. The minimum atomic E-state index is -4.13. The number of alkyl halides is 3. The van der Waals surface area contributed by atoms with Gasteiger partial charge in [-0.25, -0.2) is 4.79 Å². The van der Waals surface area contributed by atoms with Crippen molar-refractivity contribution in [2.24, 2.45) is 11.7 Å². The van der Waals surface area contributed by atoms with Crippen molar-refractivity contribution in [1.29, 1.82) is 0 Å². The topological polar surface area (TPSA) is 78.7 Å². The molecule has 3 amide bonds. The Hall–Kier alpha value is -3.23. The highest BCUT2D eigenvalue weighted by atomic mass is 19.4. The zero-order valence-corrected chi connectivity index (χ0v) is 19.6. The largest absolute Gasteiger partial charge is 0.391 e. The minimum Gasteiger partial charge on any atom is -0.371 e. The zero-order valence-electron chi connectivity index (χ0n) is 19.6. The van der Waals surface area contributed by atoms with Crippen LogP contribution < -0.4 is 16.0 Å². The Morgan fingerprint density at radius 1 is 1.03 bits per heavy atom. The van der Waals surface area contributed by atoms with Crippen molar-refractivity contribution >= 4 is 17.6 Å². The summed E-state index contributed by atoms with van der Waals surface area (Å²) in [6, 6.07) is 14.8. The maximum absolute atomic E-state index is 13.1. The number of urea groups is 1. The third-order valence-electron chi connectivity index (χ3n) is 7.01. The molecule has 1 fully saturated rings. The first-order valence-electron chi connectivity index (χ1n) is 12.0. The van der Waals surface area contributed by atoms with Crippen molar-refractivity contribution in [2.45, 2.75) is 50.9 Å². The molecule has 2 aromatic rings. The number of carbonyl (C=O) groups excluding carboxylic acids is 2. The van der Waals surface area contributed by atoms with Gasteiger partial charge >= 0.3 is 12.2 Å². The number of hydrogen-bond donors (Lipinski definition) is 2. The molecule has 6 nitrogen and oxygen atoms in total. The number of halogens is 3. The molecule has 0 spiro atoms. The van der Waals surface area contributed by atoms with Gasteiger partial charge in [0.2, 0.25) is 5.91 Å². The Kier molecular flexibility index (Phi) is 7.52. The first-order chi connectivity index (χ1) is 16.7. The average molecular weight is 489 g/mol. The van der Waals surface area contributed by atoms with Crippen LogP contribution in [0.1, 0.15) is 48.4 Å². The molecular formula is C26H31F3N4O2. The van der Waals surface area contributed by atoms with Crippen LogP contribution in [0.2, 0.25) is 0 Å². The van der Waals surface area contributed by atoms with E-state index in [-0.39, 0.29) is 31.3 Å². The van der Waals surface area contributed by atoms with Gasteiger partial charge in [0.15, 0.2) is 0 Å². The van der Waals surface area contributed by atoms with Gasteiger partial charge in [0.25, 0.3) is 0 Å². The second-order valence-electron chi connectivity index (χ2n) is 9.31. The Morgan fingerprint density at radius 3 is 2.40 bits per heavy atom. The smallest absolute Gasteiger partial charge is 0.371 e. The van der Waals surface area contributed by atoms with E-state index in [9.17, 15) is 22.8 Å². The summed E-state index contributed by atoms with van der Waals surface area (Å²) in [6.45, 7) is 1.68. The first kappa shape index (κ1) is 24.9. The normalized spacial score (nSPS) is 17.6. The van der Waals surface area contributed by atoms with Gasteiger partial charge < -0.3 is 20.9 Å². The number of anilines is 1. The van der Waals surface area contributed by atoms with Gasteiger partial charge in [-0.05, 0) is 48.4 Å². The molecule has 188 valence electrons.